The highest BCUT2D eigenvalue weighted by atomic mass is 15.0. The van der Waals surface area contributed by atoms with Gasteiger partial charge in [0.1, 0.15) is 0 Å². The van der Waals surface area contributed by atoms with E-state index in [4.69, 9.17) is 11.5 Å². The third kappa shape index (κ3) is 5.22. The second kappa shape index (κ2) is 9.77. The summed E-state index contributed by atoms with van der Waals surface area (Å²) in [6.07, 6.45) is 9.34. The molecule has 0 unspecified atom stereocenters. The van der Waals surface area contributed by atoms with Gasteiger partial charge in [-0.25, -0.2) is 0 Å². The van der Waals surface area contributed by atoms with E-state index in [0.29, 0.717) is 25.7 Å². The molecule has 4 rings (SSSR count). The van der Waals surface area contributed by atoms with E-state index in [1.54, 1.807) is 24.8 Å². The molecule has 4 aromatic rings. The maximum Gasteiger partial charge on any atom is 0.0762 e. The van der Waals surface area contributed by atoms with Crippen molar-refractivity contribution in [2.24, 2.45) is 16.9 Å². The minimum atomic E-state index is -1.10. The third-order valence-electron chi connectivity index (χ3n) is 5.92. The number of aromatic nitrogens is 4. The van der Waals surface area contributed by atoms with Crippen LogP contribution >= 0.6 is 0 Å². The van der Waals surface area contributed by atoms with E-state index in [1.807, 2.05) is 72.8 Å². The monoisotopic (exact) mass is 424 g/mol. The van der Waals surface area contributed by atoms with Gasteiger partial charge in [0, 0.05) is 59.4 Å². The first-order valence-electron chi connectivity index (χ1n) is 10.7. The average Bonchev–Trinajstić information content (AvgIpc) is 2.81. The van der Waals surface area contributed by atoms with Crippen molar-refractivity contribution in [1.82, 2.24) is 19.9 Å². The van der Waals surface area contributed by atoms with Crippen LogP contribution in [0.1, 0.15) is 22.8 Å². The molecular weight excluding hydrogens is 396 g/mol. The molecule has 4 heterocycles. The molecule has 4 N–H and O–H groups in total. The Bertz CT molecular complexity index is 985. The Morgan fingerprint density at radius 2 is 0.781 bits per heavy atom. The maximum absolute atomic E-state index is 7.03. The van der Waals surface area contributed by atoms with Crippen LogP contribution in [-0.2, 0) is 25.7 Å². The number of nitrogens with zero attached hydrogens (tertiary/aromatic N) is 4. The van der Waals surface area contributed by atoms with Crippen LogP contribution in [0.4, 0.5) is 0 Å². The highest BCUT2D eigenvalue weighted by molar-refractivity contribution is 5.22. The van der Waals surface area contributed by atoms with Gasteiger partial charge >= 0.3 is 0 Å². The number of hydrogen-bond acceptors (Lipinski definition) is 6. The standard InChI is InChI=1S/C26H28N6/c27-26(28,20-24-12-4-8-16-32-24)25(17-21-9-1-5-13-29-21,18-22-10-2-6-14-30-22)19-23-11-3-7-15-31-23/h1-16H,17-20,27-28H2. The molecule has 32 heavy (non-hydrogen) atoms. The van der Waals surface area contributed by atoms with Gasteiger partial charge in [-0.05, 0) is 67.8 Å². The minimum absolute atomic E-state index is 0.417. The van der Waals surface area contributed by atoms with Crippen molar-refractivity contribution >= 4 is 0 Å². The minimum Gasteiger partial charge on any atom is -0.313 e. The lowest BCUT2D eigenvalue weighted by molar-refractivity contribution is 0.113. The molecule has 0 spiro atoms. The van der Waals surface area contributed by atoms with Gasteiger partial charge in [-0.1, -0.05) is 24.3 Å². The summed E-state index contributed by atoms with van der Waals surface area (Å²) in [5, 5.41) is 0. The van der Waals surface area contributed by atoms with E-state index < -0.39 is 11.1 Å². The molecule has 0 saturated carbocycles. The van der Waals surface area contributed by atoms with Gasteiger partial charge in [0.25, 0.3) is 0 Å². The lowest BCUT2D eigenvalue weighted by atomic mass is 9.64. The molecule has 6 heteroatoms. The largest absolute Gasteiger partial charge is 0.313 e. The zero-order valence-electron chi connectivity index (χ0n) is 18.0. The van der Waals surface area contributed by atoms with Crippen molar-refractivity contribution in [2.45, 2.75) is 31.3 Å². The molecule has 0 aliphatic rings. The van der Waals surface area contributed by atoms with Crippen LogP contribution in [0, 0.1) is 5.41 Å². The van der Waals surface area contributed by atoms with Crippen molar-refractivity contribution in [1.29, 1.82) is 0 Å². The van der Waals surface area contributed by atoms with Gasteiger partial charge in [0.2, 0.25) is 0 Å². The zero-order valence-corrected chi connectivity index (χ0v) is 18.0. The van der Waals surface area contributed by atoms with Crippen molar-refractivity contribution < 1.29 is 0 Å². The third-order valence-corrected chi connectivity index (χ3v) is 5.92. The summed E-state index contributed by atoms with van der Waals surface area (Å²) in [6, 6.07) is 23.6. The van der Waals surface area contributed by atoms with Crippen molar-refractivity contribution in [3.8, 4) is 0 Å². The fourth-order valence-electron chi connectivity index (χ4n) is 4.22. The van der Waals surface area contributed by atoms with Gasteiger partial charge in [-0.3, -0.25) is 19.9 Å². The molecule has 0 aliphatic carbocycles. The number of rotatable bonds is 9. The quantitative estimate of drug-likeness (QED) is 0.400. The van der Waals surface area contributed by atoms with Gasteiger partial charge in [0.05, 0.1) is 5.66 Å². The van der Waals surface area contributed by atoms with Gasteiger partial charge in [0.15, 0.2) is 0 Å². The summed E-state index contributed by atoms with van der Waals surface area (Å²) in [6.45, 7) is 0. The van der Waals surface area contributed by atoms with E-state index in [2.05, 4.69) is 19.9 Å². The molecule has 0 aliphatic heterocycles. The van der Waals surface area contributed by atoms with Crippen molar-refractivity contribution in [2.75, 3.05) is 0 Å². The summed E-state index contributed by atoms with van der Waals surface area (Å²) in [7, 11) is 0. The van der Waals surface area contributed by atoms with Crippen LogP contribution in [-0.4, -0.2) is 25.6 Å². The van der Waals surface area contributed by atoms with Gasteiger partial charge in [-0.2, -0.15) is 0 Å². The van der Waals surface area contributed by atoms with E-state index in [1.165, 1.54) is 0 Å². The zero-order chi connectivity index (χ0) is 22.3. The Balaban J connectivity index is 1.81. The fraction of sp³-hybridized carbons (Fsp3) is 0.231. The molecule has 0 saturated heterocycles. The molecule has 0 bridgehead atoms. The Morgan fingerprint density at radius 3 is 1.06 bits per heavy atom. The van der Waals surface area contributed by atoms with Crippen molar-refractivity contribution in [3.63, 3.8) is 0 Å². The molecule has 4 aromatic heterocycles. The topological polar surface area (TPSA) is 104 Å². The van der Waals surface area contributed by atoms with Gasteiger partial charge in [-0.15, -0.1) is 0 Å². The summed E-state index contributed by atoms with van der Waals surface area (Å²) in [5.41, 5.74) is 16.0. The molecule has 0 aromatic carbocycles. The Hall–Kier alpha value is -3.48. The molecule has 6 nitrogen and oxygen atoms in total. The highest BCUT2D eigenvalue weighted by Gasteiger charge is 2.47. The first-order chi connectivity index (χ1) is 15.6. The fourth-order valence-corrected chi connectivity index (χ4v) is 4.22. The van der Waals surface area contributed by atoms with Crippen LogP contribution in [0.25, 0.3) is 0 Å². The van der Waals surface area contributed by atoms with E-state index in [0.717, 1.165) is 22.8 Å². The summed E-state index contributed by atoms with van der Waals surface area (Å²) in [4.78, 5) is 18.3. The smallest absolute Gasteiger partial charge is 0.0762 e. The van der Waals surface area contributed by atoms with Crippen LogP contribution in [0.15, 0.2) is 97.6 Å². The van der Waals surface area contributed by atoms with E-state index >= 15 is 0 Å². The maximum atomic E-state index is 7.03. The van der Waals surface area contributed by atoms with E-state index in [-0.39, 0.29) is 0 Å². The number of nitrogens with two attached hydrogens (primary N) is 2. The first-order valence-corrected chi connectivity index (χ1v) is 10.7. The summed E-state index contributed by atoms with van der Waals surface area (Å²) >= 11 is 0. The Labute approximate surface area is 188 Å². The Kier molecular flexibility index (Phi) is 6.63. The second-order valence-electron chi connectivity index (χ2n) is 8.31. The van der Waals surface area contributed by atoms with Gasteiger partial charge < -0.3 is 11.5 Å². The normalized spacial score (nSPS) is 11.9. The molecule has 0 amide bonds. The summed E-state index contributed by atoms with van der Waals surface area (Å²) in [5.74, 6) is 0. The lowest BCUT2D eigenvalue weighted by Gasteiger charge is -2.46. The predicted molar refractivity (Wildman–Crippen MR) is 125 cm³/mol. The van der Waals surface area contributed by atoms with Crippen LogP contribution in [0.3, 0.4) is 0 Å². The molecule has 0 fully saturated rings. The number of hydrogen-bond donors (Lipinski definition) is 2. The first kappa shape index (κ1) is 21.7. The second-order valence-corrected chi connectivity index (χ2v) is 8.31. The molecule has 0 atom stereocenters. The molecule has 0 radical (unpaired) electrons. The Morgan fingerprint density at radius 1 is 0.469 bits per heavy atom. The van der Waals surface area contributed by atoms with Crippen molar-refractivity contribution in [3.05, 3.63) is 120 Å². The van der Waals surface area contributed by atoms with Crippen LogP contribution in [0.5, 0.6) is 0 Å². The van der Waals surface area contributed by atoms with E-state index in [9.17, 15) is 0 Å². The van der Waals surface area contributed by atoms with Crippen LogP contribution in [0.2, 0.25) is 0 Å². The number of pyridine rings is 4. The summed E-state index contributed by atoms with van der Waals surface area (Å²) < 4.78 is 0. The SMILES string of the molecule is NC(N)(Cc1ccccn1)C(Cc1ccccn1)(Cc1ccccn1)Cc1ccccn1. The highest BCUT2D eigenvalue weighted by Crippen LogP contribution is 2.39. The molecular formula is C26H28N6. The molecule has 162 valence electrons. The predicted octanol–water partition coefficient (Wildman–Crippen LogP) is 3.14. The lowest BCUT2D eigenvalue weighted by Crippen LogP contribution is -2.66. The van der Waals surface area contributed by atoms with Crippen LogP contribution < -0.4 is 11.5 Å². The average molecular weight is 425 g/mol.